The number of carbonyl (C=O) groups is 2. The first-order valence-corrected chi connectivity index (χ1v) is 11.9. The van der Waals surface area contributed by atoms with E-state index < -0.39 is 15.9 Å². The lowest BCUT2D eigenvalue weighted by atomic mass is 10.1. The van der Waals surface area contributed by atoms with E-state index in [-0.39, 0.29) is 23.4 Å². The van der Waals surface area contributed by atoms with Gasteiger partial charge >= 0.3 is 0 Å². The highest BCUT2D eigenvalue weighted by Gasteiger charge is 2.38. The van der Waals surface area contributed by atoms with E-state index in [0.29, 0.717) is 21.9 Å². The maximum atomic E-state index is 13.3. The molecule has 2 aromatic carbocycles. The third kappa shape index (κ3) is 4.21. The number of sulfonamides is 1. The van der Waals surface area contributed by atoms with Crippen molar-refractivity contribution in [2.45, 2.75) is 6.92 Å². The summed E-state index contributed by atoms with van der Waals surface area (Å²) >= 11 is 1.03. The fourth-order valence-electron chi connectivity index (χ4n) is 3.32. The average molecular weight is 457 g/mol. The zero-order valence-corrected chi connectivity index (χ0v) is 18.5. The first kappa shape index (κ1) is 21.1. The van der Waals surface area contributed by atoms with E-state index in [1.165, 1.54) is 7.05 Å². The quantitative estimate of drug-likeness (QED) is 0.732. The molecule has 2 heterocycles. The molecule has 0 aliphatic carbocycles. The summed E-state index contributed by atoms with van der Waals surface area (Å²) in [6.45, 7) is 2.05. The van der Waals surface area contributed by atoms with Crippen molar-refractivity contribution in [3.8, 4) is 0 Å². The van der Waals surface area contributed by atoms with Gasteiger partial charge in [-0.05, 0) is 41.9 Å². The molecule has 2 aliphatic rings. The minimum absolute atomic E-state index is 0.116. The van der Waals surface area contributed by atoms with Crippen molar-refractivity contribution in [1.82, 2.24) is 10.2 Å². The number of benzene rings is 2. The average Bonchev–Trinajstić information content (AvgIpc) is 3.12. The Labute approximate surface area is 184 Å². The van der Waals surface area contributed by atoms with Gasteiger partial charge in [0.2, 0.25) is 0 Å². The predicted molar refractivity (Wildman–Crippen MR) is 122 cm³/mol. The number of aryl methyl sites for hydroxylation is 1. The van der Waals surface area contributed by atoms with E-state index in [0.717, 1.165) is 22.9 Å². The Morgan fingerprint density at radius 1 is 1.10 bits per heavy atom. The molecule has 0 radical (unpaired) electrons. The van der Waals surface area contributed by atoms with Crippen LogP contribution in [0, 0.1) is 6.92 Å². The normalized spacial score (nSPS) is 17.1. The zero-order valence-electron chi connectivity index (χ0n) is 16.9. The highest BCUT2D eigenvalue weighted by molar-refractivity contribution is 8.19. The first-order valence-electron chi connectivity index (χ1n) is 9.51. The summed E-state index contributed by atoms with van der Waals surface area (Å²) in [5.41, 5.74) is 3.14. The molecule has 2 aliphatic heterocycles. The molecule has 0 saturated heterocycles. The number of hydrogen-bond donors (Lipinski definition) is 2. The number of amidine groups is 1. The molecule has 31 heavy (non-hydrogen) atoms. The summed E-state index contributed by atoms with van der Waals surface area (Å²) in [5.74, 6) is -0.766. The van der Waals surface area contributed by atoms with Gasteiger partial charge in [0.25, 0.3) is 21.8 Å². The van der Waals surface area contributed by atoms with E-state index in [1.54, 1.807) is 23.1 Å². The molecular formula is C21H20N4O4S2. The van der Waals surface area contributed by atoms with Crippen molar-refractivity contribution in [2.75, 3.05) is 24.7 Å². The van der Waals surface area contributed by atoms with Gasteiger partial charge in [0.05, 0.1) is 11.4 Å². The number of thioether (sulfide) groups is 1. The topological polar surface area (TPSA) is 108 Å². The molecule has 0 saturated carbocycles. The second-order valence-corrected chi connectivity index (χ2v) is 9.75. The molecule has 0 unspecified atom stereocenters. The van der Waals surface area contributed by atoms with Crippen LogP contribution < -0.4 is 10.6 Å². The third-order valence-corrected chi connectivity index (χ3v) is 7.27. The van der Waals surface area contributed by atoms with Gasteiger partial charge in [0.1, 0.15) is 4.91 Å². The summed E-state index contributed by atoms with van der Waals surface area (Å²) < 4.78 is 27.8. The maximum absolute atomic E-state index is 13.3. The van der Waals surface area contributed by atoms with E-state index in [1.807, 2.05) is 37.3 Å². The van der Waals surface area contributed by atoms with E-state index in [2.05, 4.69) is 15.0 Å². The molecule has 8 nitrogen and oxygen atoms in total. The zero-order chi connectivity index (χ0) is 22.2. The van der Waals surface area contributed by atoms with Crippen LogP contribution in [0.5, 0.6) is 0 Å². The third-order valence-electron chi connectivity index (χ3n) is 4.93. The van der Waals surface area contributed by atoms with E-state index >= 15 is 0 Å². The molecule has 2 amide bonds. The SMILES string of the molecule is CNC(=O)c1ccc(C)c(NC(=O)C2=C(c3ccccc3)N3CCS(=O)(=O)N=C3S2)c1. The number of carbonyl (C=O) groups excluding carboxylic acids is 2. The van der Waals surface area contributed by atoms with Gasteiger partial charge in [-0.15, -0.1) is 4.40 Å². The predicted octanol–water partition coefficient (Wildman–Crippen LogP) is 2.41. The minimum atomic E-state index is -3.55. The van der Waals surface area contributed by atoms with Gasteiger partial charge in [-0.3, -0.25) is 9.59 Å². The molecule has 2 N–H and O–H groups in total. The second-order valence-electron chi connectivity index (χ2n) is 7.02. The van der Waals surface area contributed by atoms with Crippen LogP contribution in [0.2, 0.25) is 0 Å². The van der Waals surface area contributed by atoms with Crippen molar-refractivity contribution in [3.63, 3.8) is 0 Å². The Morgan fingerprint density at radius 2 is 1.84 bits per heavy atom. The fraction of sp³-hybridized carbons (Fsp3) is 0.190. The first-order chi connectivity index (χ1) is 14.8. The second kappa shape index (κ2) is 8.20. The standard InChI is InChI=1S/C21H20N4O4S2/c1-13-8-9-15(19(26)22-2)12-16(13)23-20(27)18-17(14-6-4-3-5-7-14)25-10-11-31(28,29)24-21(25)30-18/h3-9,12H,10-11H2,1-2H3,(H,22,26)(H,23,27). The Bertz CT molecular complexity index is 1240. The minimum Gasteiger partial charge on any atom is -0.355 e. The van der Waals surface area contributed by atoms with Crippen molar-refractivity contribution in [3.05, 3.63) is 70.1 Å². The lowest BCUT2D eigenvalue weighted by Crippen LogP contribution is -2.34. The monoisotopic (exact) mass is 456 g/mol. The number of fused-ring (bicyclic) bond motifs is 1. The lowest BCUT2D eigenvalue weighted by molar-refractivity contribution is -0.112. The molecule has 2 aromatic rings. The molecule has 4 rings (SSSR count). The van der Waals surface area contributed by atoms with Crippen LogP contribution in [0.3, 0.4) is 0 Å². The fourth-order valence-corrected chi connectivity index (χ4v) is 5.59. The van der Waals surface area contributed by atoms with Crippen LogP contribution in [0.15, 0.2) is 57.8 Å². The summed E-state index contributed by atoms with van der Waals surface area (Å²) in [6, 6.07) is 14.4. The van der Waals surface area contributed by atoms with Crippen molar-refractivity contribution in [2.24, 2.45) is 4.40 Å². The Kier molecular flexibility index (Phi) is 5.59. The van der Waals surface area contributed by atoms with Crippen LogP contribution in [-0.2, 0) is 14.8 Å². The van der Waals surface area contributed by atoms with Crippen molar-refractivity contribution >= 4 is 50.2 Å². The van der Waals surface area contributed by atoms with Crippen LogP contribution in [0.1, 0.15) is 21.5 Å². The molecule has 0 spiro atoms. The molecular weight excluding hydrogens is 436 g/mol. The number of amides is 2. The summed E-state index contributed by atoms with van der Waals surface area (Å²) in [4.78, 5) is 27.4. The highest BCUT2D eigenvalue weighted by Crippen LogP contribution is 2.42. The summed E-state index contributed by atoms with van der Waals surface area (Å²) in [5, 5.41) is 5.70. The molecule has 0 fully saturated rings. The number of nitrogens with zero attached hydrogens (tertiary/aromatic N) is 2. The van der Waals surface area contributed by atoms with E-state index in [9.17, 15) is 18.0 Å². The Morgan fingerprint density at radius 3 is 2.55 bits per heavy atom. The van der Waals surface area contributed by atoms with Gasteiger partial charge in [-0.1, -0.05) is 36.4 Å². The molecule has 10 heteroatoms. The molecule has 160 valence electrons. The maximum Gasteiger partial charge on any atom is 0.264 e. The highest BCUT2D eigenvalue weighted by atomic mass is 32.2. The number of nitrogens with one attached hydrogen (secondary N) is 2. The Hall–Kier alpha value is -3.11. The lowest BCUT2D eigenvalue weighted by Gasteiger charge is -2.25. The largest absolute Gasteiger partial charge is 0.355 e. The number of rotatable bonds is 4. The van der Waals surface area contributed by atoms with Crippen molar-refractivity contribution in [1.29, 1.82) is 0 Å². The van der Waals surface area contributed by atoms with Gasteiger partial charge in [-0.2, -0.15) is 0 Å². The van der Waals surface area contributed by atoms with Crippen LogP contribution in [-0.4, -0.2) is 49.6 Å². The smallest absolute Gasteiger partial charge is 0.264 e. The van der Waals surface area contributed by atoms with E-state index in [4.69, 9.17) is 0 Å². The molecule has 0 aromatic heterocycles. The van der Waals surface area contributed by atoms with Gasteiger partial charge < -0.3 is 15.5 Å². The summed E-state index contributed by atoms with van der Waals surface area (Å²) in [6.07, 6.45) is 0. The molecule has 0 atom stereocenters. The van der Waals surface area contributed by atoms with Crippen LogP contribution >= 0.6 is 11.8 Å². The summed E-state index contributed by atoms with van der Waals surface area (Å²) in [7, 11) is -2.01. The van der Waals surface area contributed by atoms with Crippen LogP contribution in [0.25, 0.3) is 5.70 Å². The number of anilines is 1. The van der Waals surface area contributed by atoms with Gasteiger partial charge in [0, 0.05) is 24.8 Å². The Balaban J connectivity index is 1.74. The van der Waals surface area contributed by atoms with Gasteiger partial charge in [-0.25, -0.2) is 8.42 Å². The van der Waals surface area contributed by atoms with Gasteiger partial charge in [0.15, 0.2) is 5.17 Å². The molecule has 0 bridgehead atoms. The van der Waals surface area contributed by atoms with Crippen molar-refractivity contribution < 1.29 is 18.0 Å². The van der Waals surface area contributed by atoms with Crippen LogP contribution in [0.4, 0.5) is 5.69 Å². The number of hydrogen-bond acceptors (Lipinski definition) is 6.